The lowest BCUT2D eigenvalue weighted by Gasteiger charge is -2.29. The Hall–Kier alpha value is -1.39. The average Bonchev–Trinajstić information content (AvgIpc) is 2.42. The molecule has 1 aromatic carbocycles. The molecule has 1 saturated heterocycles. The predicted octanol–water partition coefficient (Wildman–Crippen LogP) is 1.37. The Labute approximate surface area is 108 Å². The summed E-state index contributed by atoms with van der Waals surface area (Å²) in [4.78, 5) is 16.3. The molecule has 0 radical (unpaired) electrons. The third-order valence-corrected chi connectivity index (χ3v) is 3.15. The van der Waals surface area contributed by atoms with Crippen molar-refractivity contribution < 1.29 is 9.53 Å². The highest BCUT2D eigenvalue weighted by Crippen LogP contribution is 2.13. The van der Waals surface area contributed by atoms with E-state index in [4.69, 9.17) is 4.74 Å². The first-order chi connectivity index (χ1) is 8.81. The van der Waals surface area contributed by atoms with Crippen molar-refractivity contribution in [1.82, 2.24) is 4.90 Å². The van der Waals surface area contributed by atoms with Gasteiger partial charge in [-0.2, -0.15) is 0 Å². The zero-order chi connectivity index (χ0) is 12.8. The van der Waals surface area contributed by atoms with Crippen LogP contribution in [-0.2, 0) is 9.53 Å². The van der Waals surface area contributed by atoms with Gasteiger partial charge in [0.1, 0.15) is 0 Å². The van der Waals surface area contributed by atoms with Crippen LogP contribution in [-0.4, -0.2) is 50.2 Å². The van der Waals surface area contributed by atoms with E-state index in [9.17, 15) is 4.79 Å². The van der Waals surface area contributed by atoms with Gasteiger partial charge >= 0.3 is 0 Å². The highest BCUT2D eigenvalue weighted by Gasteiger charge is 2.19. The van der Waals surface area contributed by atoms with Gasteiger partial charge in [-0.1, -0.05) is 18.2 Å². The fourth-order valence-electron chi connectivity index (χ4n) is 2.15. The molecule has 18 heavy (non-hydrogen) atoms. The van der Waals surface area contributed by atoms with Gasteiger partial charge in [-0.05, 0) is 19.1 Å². The van der Waals surface area contributed by atoms with E-state index in [1.165, 1.54) is 0 Å². The zero-order valence-corrected chi connectivity index (χ0v) is 10.8. The fourth-order valence-corrected chi connectivity index (χ4v) is 2.15. The molecular weight excluding hydrogens is 228 g/mol. The largest absolute Gasteiger partial charge is 0.379 e. The molecule has 1 amide bonds. The number of amides is 1. The number of likely N-dealkylation sites (N-methyl/N-ethyl adjacent to an activating group) is 1. The quantitative estimate of drug-likeness (QED) is 0.807. The number of para-hydroxylation sites is 1. The van der Waals surface area contributed by atoms with E-state index in [0.29, 0.717) is 13.1 Å². The number of hydrogen-bond donors (Lipinski definition) is 0. The molecule has 1 aliphatic heterocycles. The number of carbonyl (C=O) groups excluding carboxylic acids is 1. The topological polar surface area (TPSA) is 32.8 Å². The standard InChI is InChI=1S/C14H20N2O2/c1-2-16(13-6-4-3-5-7-13)14(17)12-15-8-10-18-11-9-15/h3-7H,2,8-12H2,1H3. The molecule has 0 aromatic heterocycles. The lowest BCUT2D eigenvalue weighted by Crippen LogP contribution is -2.44. The van der Waals surface area contributed by atoms with Crippen LogP contribution >= 0.6 is 0 Å². The minimum absolute atomic E-state index is 0.158. The molecule has 0 aliphatic carbocycles. The van der Waals surface area contributed by atoms with Gasteiger partial charge in [-0.25, -0.2) is 0 Å². The van der Waals surface area contributed by atoms with Gasteiger partial charge in [-0.15, -0.1) is 0 Å². The summed E-state index contributed by atoms with van der Waals surface area (Å²) in [6, 6.07) is 9.82. The highest BCUT2D eigenvalue weighted by atomic mass is 16.5. The molecule has 0 bridgehead atoms. The molecule has 4 heteroatoms. The Morgan fingerprint density at radius 2 is 1.94 bits per heavy atom. The summed E-state index contributed by atoms with van der Waals surface area (Å²) in [5.74, 6) is 0.158. The molecule has 1 aromatic rings. The summed E-state index contributed by atoms with van der Waals surface area (Å²) in [5, 5.41) is 0. The molecule has 4 nitrogen and oxygen atoms in total. The Kier molecular flexibility index (Phi) is 4.73. The molecule has 2 rings (SSSR count). The second-order valence-electron chi connectivity index (χ2n) is 4.36. The van der Waals surface area contributed by atoms with Gasteiger partial charge in [0, 0.05) is 25.3 Å². The van der Waals surface area contributed by atoms with E-state index in [1.807, 2.05) is 42.2 Å². The first-order valence-electron chi connectivity index (χ1n) is 6.46. The van der Waals surface area contributed by atoms with E-state index in [-0.39, 0.29) is 5.91 Å². The van der Waals surface area contributed by atoms with E-state index < -0.39 is 0 Å². The van der Waals surface area contributed by atoms with Crippen LogP contribution in [0.25, 0.3) is 0 Å². The van der Waals surface area contributed by atoms with Crippen LogP contribution in [0.15, 0.2) is 30.3 Å². The molecule has 1 heterocycles. The minimum Gasteiger partial charge on any atom is -0.379 e. The van der Waals surface area contributed by atoms with Gasteiger partial charge in [-0.3, -0.25) is 9.69 Å². The highest BCUT2D eigenvalue weighted by molar-refractivity contribution is 5.94. The number of nitrogens with zero attached hydrogens (tertiary/aromatic N) is 2. The van der Waals surface area contributed by atoms with E-state index in [1.54, 1.807) is 0 Å². The molecule has 0 saturated carbocycles. The van der Waals surface area contributed by atoms with E-state index in [0.717, 1.165) is 32.0 Å². The van der Waals surface area contributed by atoms with Gasteiger partial charge in [0.05, 0.1) is 19.8 Å². The molecule has 0 atom stereocenters. The number of morpholine rings is 1. The maximum Gasteiger partial charge on any atom is 0.241 e. The van der Waals surface area contributed by atoms with Crippen molar-refractivity contribution in [1.29, 1.82) is 0 Å². The van der Waals surface area contributed by atoms with Gasteiger partial charge < -0.3 is 9.64 Å². The maximum atomic E-state index is 12.3. The Bertz CT molecular complexity index is 375. The van der Waals surface area contributed by atoms with Crippen LogP contribution in [0, 0.1) is 0 Å². The monoisotopic (exact) mass is 248 g/mol. The van der Waals surface area contributed by atoms with Gasteiger partial charge in [0.25, 0.3) is 0 Å². The van der Waals surface area contributed by atoms with Crippen molar-refractivity contribution in [3.63, 3.8) is 0 Å². The van der Waals surface area contributed by atoms with Crippen molar-refractivity contribution >= 4 is 11.6 Å². The van der Waals surface area contributed by atoms with E-state index in [2.05, 4.69) is 4.90 Å². The Balaban J connectivity index is 1.97. The molecule has 0 spiro atoms. The summed E-state index contributed by atoms with van der Waals surface area (Å²) in [6.07, 6.45) is 0. The summed E-state index contributed by atoms with van der Waals surface area (Å²) < 4.78 is 5.29. The van der Waals surface area contributed by atoms with Crippen LogP contribution in [0.1, 0.15) is 6.92 Å². The van der Waals surface area contributed by atoms with Gasteiger partial charge in [0.2, 0.25) is 5.91 Å². The van der Waals surface area contributed by atoms with Crippen LogP contribution in [0.4, 0.5) is 5.69 Å². The first kappa shape index (κ1) is 13.1. The zero-order valence-electron chi connectivity index (χ0n) is 10.8. The second-order valence-corrected chi connectivity index (χ2v) is 4.36. The number of benzene rings is 1. The number of ether oxygens (including phenoxy) is 1. The second kappa shape index (κ2) is 6.52. The lowest BCUT2D eigenvalue weighted by atomic mass is 10.2. The average molecular weight is 248 g/mol. The molecule has 1 aliphatic rings. The molecule has 0 N–H and O–H groups in total. The van der Waals surface area contributed by atoms with Gasteiger partial charge in [0.15, 0.2) is 0 Å². The number of rotatable bonds is 4. The fraction of sp³-hybridized carbons (Fsp3) is 0.500. The summed E-state index contributed by atoms with van der Waals surface area (Å²) in [5.41, 5.74) is 0.971. The van der Waals surface area contributed by atoms with Crippen LogP contribution in [0.5, 0.6) is 0 Å². The van der Waals surface area contributed by atoms with Crippen molar-refractivity contribution in [2.75, 3.05) is 44.3 Å². The molecule has 0 unspecified atom stereocenters. The number of hydrogen-bond acceptors (Lipinski definition) is 3. The van der Waals surface area contributed by atoms with Crippen LogP contribution in [0.2, 0.25) is 0 Å². The smallest absolute Gasteiger partial charge is 0.241 e. The molecular formula is C14H20N2O2. The maximum absolute atomic E-state index is 12.3. The molecule has 1 fully saturated rings. The number of anilines is 1. The normalized spacial score (nSPS) is 16.5. The van der Waals surface area contributed by atoms with E-state index >= 15 is 0 Å². The SMILES string of the molecule is CCN(C(=O)CN1CCOCC1)c1ccccc1. The van der Waals surface area contributed by atoms with Crippen molar-refractivity contribution in [3.8, 4) is 0 Å². The number of carbonyl (C=O) groups is 1. The summed E-state index contributed by atoms with van der Waals surface area (Å²) >= 11 is 0. The Morgan fingerprint density at radius 3 is 2.56 bits per heavy atom. The summed E-state index contributed by atoms with van der Waals surface area (Å²) in [7, 11) is 0. The summed E-state index contributed by atoms with van der Waals surface area (Å²) in [6.45, 7) is 6.33. The van der Waals surface area contributed by atoms with Crippen LogP contribution in [0.3, 0.4) is 0 Å². The van der Waals surface area contributed by atoms with Crippen molar-refractivity contribution in [2.45, 2.75) is 6.92 Å². The van der Waals surface area contributed by atoms with Crippen molar-refractivity contribution in [3.05, 3.63) is 30.3 Å². The third kappa shape index (κ3) is 3.31. The molecule has 98 valence electrons. The minimum atomic E-state index is 0.158. The third-order valence-electron chi connectivity index (χ3n) is 3.15. The van der Waals surface area contributed by atoms with Crippen molar-refractivity contribution in [2.24, 2.45) is 0 Å². The lowest BCUT2D eigenvalue weighted by molar-refractivity contribution is -0.120. The predicted molar refractivity (Wildman–Crippen MR) is 71.7 cm³/mol. The van der Waals surface area contributed by atoms with Crippen LogP contribution < -0.4 is 4.90 Å². The Morgan fingerprint density at radius 1 is 1.28 bits per heavy atom. The first-order valence-corrected chi connectivity index (χ1v) is 6.46.